The fourth-order valence-corrected chi connectivity index (χ4v) is 1.77. The van der Waals surface area contributed by atoms with Crippen LogP contribution in [0.4, 0.5) is 9.18 Å². The van der Waals surface area contributed by atoms with Crippen LogP contribution < -0.4 is 5.32 Å². The smallest absolute Gasteiger partial charge is 0.407 e. The summed E-state index contributed by atoms with van der Waals surface area (Å²) in [4.78, 5) is 14.9. The second-order valence-corrected chi connectivity index (χ2v) is 5.94. The Labute approximate surface area is 125 Å². The first kappa shape index (κ1) is 15.9. The molecule has 0 aliphatic rings. The van der Waals surface area contributed by atoms with Crippen LogP contribution in [-0.4, -0.2) is 23.2 Å². The molecule has 1 aromatic heterocycles. The van der Waals surface area contributed by atoms with Gasteiger partial charge >= 0.3 is 6.09 Å². The number of hydrogen-bond acceptors (Lipinski definition) is 3. The van der Waals surface area contributed by atoms with Gasteiger partial charge in [-0.3, -0.25) is 0 Å². The summed E-state index contributed by atoms with van der Waals surface area (Å²) in [6.45, 7) is 5.63. The summed E-state index contributed by atoms with van der Waals surface area (Å²) in [6.07, 6.45) is 4.14. The molecule has 104 valence electrons. The van der Waals surface area contributed by atoms with Crippen LogP contribution >= 0.6 is 22.6 Å². The first-order chi connectivity index (χ1) is 8.79. The van der Waals surface area contributed by atoms with Gasteiger partial charge in [-0.1, -0.05) is 12.2 Å². The number of nitrogens with zero attached hydrogens (tertiary/aromatic N) is 1. The number of carbonyl (C=O) groups is 1. The van der Waals surface area contributed by atoms with Crippen molar-refractivity contribution in [3.05, 3.63) is 33.4 Å². The number of carbonyl (C=O) groups excluding carboxylic acids is 1. The van der Waals surface area contributed by atoms with Crippen LogP contribution in [0, 0.1) is 9.52 Å². The van der Waals surface area contributed by atoms with E-state index in [1.165, 1.54) is 6.20 Å². The third kappa shape index (κ3) is 6.00. The van der Waals surface area contributed by atoms with Crippen molar-refractivity contribution >= 4 is 34.8 Å². The zero-order chi connectivity index (χ0) is 14.5. The highest BCUT2D eigenvalue weighted by Crippen LogP contribution is 2.15. The second-order valence-electron chi connectivity index (χ2n) is 4.78. The van der Waals surface area contributed by atoms with Gasteiger partial charge in [0.25, 0.3) is 0 Å². The molecule has 0 aromatic carbocycles. The molecule has 6 heteroatoms. The average Bonchev–Trinajstić information content (AvgIpc) is 2.25. The number of ether oxygens (including phenoxy) is 1. The van der Waals surface area contributed by atoms with Gasteiger partial charge < -0.3 is 10.1 Å². The van der Waals surface area contributed by atoms with Gasteiger partial charge in [-0.25, -0.2) is 9.78 Å². The summed E-state index contributed by atoms with van der Waals surface area (Å²) < 4.78 is 19.2. The lowest BCUT2D eigenvalue weighted by atomic mass is 10.2. The Bertz CT molecular complexity index is 464. The van der Waals surface area contributed by atoms with E-state index in [1.54, 1.807) is 39.0 Å². The number of hydrogen-bond donors (Lipinski definition) is 1. The molecule has 1 N–H and O–H groups in total. The summed E-state index contributed by atoms with van der Waals surface area (Å²) in [5, 5.41) is 2.56. The van der Waals surface area contributed by atoms with Crippen molar-refractivity contribution < 1.29 is 13.9 Å². The largest absolute Gasteiger partial charge is 0.444 e. The number of alkyl carbamates (subject to hydrolysis) is 1. The quantitative estimate of drug-likeness (QED) is 0.648. The number of amides is 1. The SMILES string of the molecule is CC(C)(C)OC(=O)NCC=Cc1c(I)ccnc1F. The zero-order valence-corrected chi connectivity index (χ0v) is 13.2. The van der Waals surface area contributed by atoms with E-state index >= 15 is 0 Å². The van der Waals surface area contributed by atoms with E-state index in [-0.39, 0.29) is 6.54 Å². The molecule has 0 aliphatic heterocycles. The molecule has 0 saturated carbocycles. The highest BCUT2D eigenvalue weighted by atomic mass is 127. The molecule has 0 unspecified atom stereocenters. The lowest BCUT2D eigenvalue weighted by Crippen LogP contribution is -2.32. The van der Waals surface area contributed by atoms with Crippen molar-refractivity contribution in [1.82, 2.24) is 10.3 Å². The Kier molecular flexibility index (Phi) is 5.71. The van der Waals surface area contributed by atoms with Crippen molar-refractivity contribution in [3.63, 3.8) is 0 Å². The van der Waals surface area contributed by atoms with Crippen LogP contribution in [0.15, 0.2) is 18.3 Å². The van der Waals surface area contributed by atoms with Crippen LogP contribution in [-0.2, 0) is 4.74 Å². The molecule has 19 heavy (non-hydrogen) atoms. The van der Waals surface area contributed by atoms with Gasteiger partial charge in [0, 0.05) is 21.9 Å². The Morgan fingerprint density at radius 1 is 1.58 bits per heavy atom. The number of halogens is 2. The molecule has 1 aromatic rings. The highest BCUT2D eigenvalue weighted by molar-refractivity contribution is 14.1. The van der Waals surface area contributed by atoms with Crippen molar-refractivity contribution in [2.75, 3.05) is 6.54 Å². The van der Waals surface area contributed by atoms with Gasteiger partial charge in [0.05, 0.1) is 0 Å². The topological polar surface area (TPSA) is 51.2 Å². The molecule has 0 atom stereocenters. The molecule has 0 saturated heterocycles. The monoisotopic (exact) mass is 378 g/mol. The molecule has 0 bridgehead atoms. The molecular formula is C13H16FIN2O2. The number of nitrogens with one attached hydrogen (secondary N) is 1. The lowest BCUT2D eigenvalue weighted by Gasteiger charge is -2.19. The Morgan fingerprint density at radius 2 is 2.26 bits per heavy atom. The van der Waals surface area contributed by atoms with Crippen LogP contribution in [0.5, 0.6) is 0 Å². The molecule has 0 spiro atoms. The van der Waals surface area contributed by atoms with E-state index in [9.17, 15) is 9.18 Å². The molecule has 4 nitrogen and oxygen atoms in total. The van der Waals surface area contributed by atoms with E-state index in [0.717, 1.165) is 3.57 Å². The van der Waals surface area contributed by atoms with Crippen molar-refractivity contribution in [2.24, 2.45) is 0 Å². The van der Waals surface area contributed by atoms with Gasteiger partial charge in [-0.2, -0.15) is 4.39 Å². The van der Waals surface area contributed by atoms with Gasteiger partial charge in [-0.05, 0) is 49.4 Å². The summed E-state index contributed by atoms with van der Waals surface area (Å²) in [7, 11) is 0. The molecule has 0 aliphatic carbocycles. The fourth-order valence-electron chi connectivity index (χ4n) is 1.21. The van der Waals surface area contributed by atoms with E-state index in [4.69, 9.17) is 4.74 Å². The van der Waals surface area contributed by atoms with Crippen molar-refractivity contribution in [1.29, 1.82) is 0 Å². The van der Waals surface area contributed by atoms with E-state index in [0.29, 0.717) is 5.56 Å². The third-order valence-corrected chi connectivity index (χ3v) is 2.88. The minimum atomic E-state index is -0.529. The molecule has 1 rings (SSSR count). The number of rotatable bonds is 3. The molecular weight excluding hydrogens is 362 g/mol. The maximum Gasteiger partial charge on any atom is 0.407 e. The summed E-state index contributed by atoms with van der Waals surface area (Å²) in [5.41, 5.74) is -0.118. The van der Waals surface area contributed by atoms with Crippen LogP contribution in [0.3, 0.4) is 0 Å². The maximum atomic E-state index is 13.4. The molecule has 0 fully saturated rings. The van der Waals surface area contributed by atoms with Gasteiger partial charge in [-0.15, -0.1) is 0 Å². The van der Waals surface area contributed by atoms with E-state index in [1.807, 2.05) is 22.6 Å². The summed E-state index contributed by atoms with van der Waals surface area (Å²) in [6, 6.07) is 1.71. The second kappa shape index (κ2) is 6.83. The molecule has 0 radical (unpaired) electrons. The standard InChI is InChI=1S/C13H16FIN2O2/c1-13(2,3)19-12(18)17-7-4-5-9-10(15)6-8-16-11(9)14/h4-6,8H,7H2,1-3H3,(H,17,18). The van der Waals surface area contributed by atoms with Gasteiger partial charge in [0.2, 0.25) is 5.95 Å². The van der Waals surface area contributed by atoms with Crippen LogP contribution in [0.25, 0.3) is 6.08 Å². The predicted molar refractivity (Wildman–Crippen MR) is 80.2 cm³/mol. The maximum absolute atomic E-state index is 13.4. The Morgan fingerprint density at radius 3 is 2.84 bits per heavy atom. The third-order valence-electron chi connectivity index (χ3n) is 1.94. The Hall–Kier alpha value is -1.18. The van der Waals surface area contributed by atoms with Gasteiger partial charge in [0.1, 0.15) is 5.60 Å². The average molecular weight is 378 g/mol. The minimum absolute atomic E-state index is 0.263. The number of pyridine rings is 1. The lowest BCUT2D eigenvalue weighted by molar-refractivity contribution is 0.0534. The fraction of sp³-hybridized carbons (Fsp3) is 0.385. The van der Waals surface area contributed by atoms with Crippen LogP contribution in [0.2, 0.25) is 0 Å². The van der Waals surface area contributed by atoms with Gasteiger partial charge in [0.15, 0.2) is 0 Å². The molecule has 1 heterocycles. The highest BCUT2D eigenvalue weighted by Gasteiger charge is 2.15. The normalized spacial score (nSPS) is 11.6. The first-order valence-corrected chi connectivity index (χ1v) is 6.81. The van der Waals surface area contributed by atoms with Crippen LogP contribution in [0.1, 0.15) is 26.3 Å². The van der Waals surface area contributed by atoms with E-state index < -0.39 is 17.6 Å². The first-order valence-electron chi connectivity index (χ1n) is 5.73. The van der Waals surface area contributed by atoms with Crippen molar-refractivity contribution in [2.45, 2.75) is 26.4 Å². The predicted octanol–water partition coefficient (Wildman–Crippen LogP) is 3.36. The van der Waals surface area contributed by atoms with E-state index in [2.05, 4.69) is 10.3 Å². The summed E-state index contributed by atoms with van der Waals surface area (Å²) in [5.74, 6) is -0.527. The number of aromatic nitrogens is 1. The Balaban J connectivity index is 2.49. The summed E-state index contributed by atoms with van der Waals surface area (Å²) >= 11 is 2.03. The van der Waals surface area contributed by atoms with Crippen molar-refractivity contribution in [3.8, 4) is 0 Å². The minimum Gasteiger partial charge on any atom is -0.444 e. The zero-order valence-electron chi connectivity index (χ0n) is 11.0. The molecule has 1 amide bonds.